The molecule has 1 aromatic carbocycles. The molecule has 0 aliphatic carbocycles. The van der Waals surface area contributed by atoms with Crippen LogP contribution in [-0.2, 0) is 15.0 Å². The molecule has 0 radical (unpaired) electrons. The lowest BCUT2D eigenvalue weighted by molar-refractivity contribution is -0.113. The highest BCUT2D eigenvalue weighted by molar-refractivity contribution is 7.52. The molecule has 108 valence electrons. The summed E-state index contributed by atoms with van der Waals surface area (Å²) < 4.78 is 37.9. The van der Waals surface area contributed by atoms with Crippen molar-refractivity contribution in [1.29, 1.82) is 0 Å². The van der Waals surface area contributed by atoms with Gasteiger partial charge in [0.1, 0.15) is 0 Å². The fourth-order valence-corrected chi connectivity index (χ4v) is 1.91. The smallest absolute Gasteiger partial charge is 0.320 e. The number of allylic oxidation sites excluding steroid dienone is 1. The fraction of sp³-hybridized carbons (Fsp3) is 0.167. The van der Waals surface area contributed by atoms with E-state index < -0.39 is 24.7 Å². The zero-order valence-electron chi connectivity index (χ0n) is 10.5. The summed E-state index contributed by atoms with van der Waals surface area (Å²) in [6, 6.07) is 4.48. The molecule has 0 heterocycles. The Bertz CT molecular complexity index is 622. The van der Waals surface area contributed by atoms with E-state index in [-0.39, 0.29) is 5.56 Å². The Balaban J connectivity index is 3.28. The number of carbonyl (C=O) groups is 1. The largest absolute Gasteiger partial charge is 0.399 e. The Kier molecular flexibility index (Phi) is 4.70. The van der Waals surface area contributed by atoms with Crippen LogP contribution in [0.1, 0.15) is 18.1 Å². The fourth-order valence-electron chi connectivity index (χ4n) is 1.43. The minimum absolute atomic E-state index is 0.229. The van der Waals surface area contributed by atoms with Crippen LogP contribution in [0.15, 0.2) is 35.3 Å². The number of amides is 1. The van der Waals surface area contributed by atoms with Crippen LogP contribution in [0.3, 0.4) is 0 Å². The monoisotopic (exact) mass is 303 g/mol. The molecule has 0 spiro atoms. The Morgan fingerprint density at radius 2 is 2.05 bits per heavy atom. The van der Waals surface area contributed by atoms with Crippen molar-refractivity contribution in [1.82, 2.24) is 0 Å². The van der Waals surface area contributed by atoms with Crippen LogP contribution in [-0.4, -0.2) is 22.4 Å². The Hall–Kier alpha value is -1.69. The standard InChI is InChI=1S/C12H12F2NO4P/c1-8(6-11(16)15-2)9-4-3-5-10(7-9)12(13,14)20(17,18)19/h3-7H,2H2,1H3,(H2,17,18,19)/b8-6+. The minimum Gasteiger partial charge on any atom is -0.320 e. The molecule has 5 nitrogen and oxygen atoms in total. The molecular weight excluding hydrogens is 291 g/mol. The summed E-state index contributed by atoms with van der Waals surface area (Å²) in [5, 5.41) is 0. The van der Waals surface area contributed by atoms with Crippen LogP contribution in [0.2, 0.25) is 0 Å². The number of alkyl halides is 2. The van der Waals surface area contributed by atoms with Crippen molar-refractivity contribution in [3.8, 4) is 0 Å². The van der Waals surface area contributed by atoms with Gasteiger partial charge < -0.3 is 9.79 Å². The number of hydrogen-bond acceptors (Lipinski definition) is 2. The van der Waals surface area contributed by atoms with Gasteiger partial charge in [-0.15, -0.1) is 0 Å². The van der Waals surface area contributed by atoms with Crippen molar-refractivity contribution in [2.24, 2.45) is 4.99 Å². The number of hydrogen-bond donors (Lipinski definition) is 2. The summed E-state index contributed by atoms with van der Waals surface area (Å²) in [6.07, 6.45) is 1.09. The number of carbonyl (C=O) groups excluding carboxylic acids is 1. The number of benzene rings is 1. The zero-order chi connectivity index (χ0) is 15.6. The molecule has 0 fully saturated rings. The molecule has 0 saturated heterocycles. The van der Waals surface area contributed by atoms with Gasteiger partial charge in [-0.25, -0.2) is 4.99 Å². The SMILES string of the molecule is C=NC(=O)/C=C(\C)c1cccc(C(F)(F)P(=O)(O)O)c1. The summed E-state index contributed by atoms with van der Waals surface area (Å²) in [6.45, 7) is 4.51. The van der Waals surface area contributed by atoms with E-state index in [2.05, 4.69) is 11.7 Å². The maximum atomic E-state index is 13.6. The third kappa shape index (κ3) is 3.45. The first-order valence-corrected chi connectivity index (χ1v) is 6.94. The van der Waals surface area contributed by atoms with Gasteiger partial charge in [-0.3, -0.25) is 9.36 Å². The third-order valence-corrected chi connectivity index (χ3v) is 3.52. The molecule has 8 heteroatoms. The van der Waals surface area contributed by atoms with Crippen molar-refractivity contribution < 1.29 is 27.9 Å². The first-order chi connectivity index (χ1) is 9.09. The molecule has 20 heavy (non-hydrogen) atoms. The predicted octanol–water partition coefficient (Wildman–Crippen LogP) is 2.54. The van der Waals surface area contributed by atoms with Gasteiger partial charge in [0.25, 0.3) is 5.91 Å². The van der Waals surface area contributed by atoms with Crippen LogP contribution in [0.5, 0.6) is 0 Å². The van der Waals surface area contributed by atoms with Crippen molar-refractivity contribution in [2.75, 3.05) is 0 Å². The molecule has 0 saturated carbocycles. The number of rotatable bonds is 4. The molecule has 0 bridgehead atoms. The highest BCUT2D eigenvalue weighted by Crippen LogP contribution is 2.59. The second-order valence-electron chi connectivity index (χ2n) is 3.99. The summed E-state index contributed by atoms with van der Waals surface area (Å²) in [5.41, 5.74) is -4.56. The van der Waals surface area contributed by atoms with E-state index in [1.165, 1.54) is 19.1 Å². The van der Waals surface area contributed by atoms with E-state index in [0.29, 0.717) is 5.57 Å². The summed E-state index contributed by atoms with van der Waals surface area (Å²) in [4.78, 5) is 31.5. The molecule has 1 aromatic rings. The first kappa shape index (κ1) is 16.4. The zero-order valence-corrected chi connectivity index (χ0v) is 11.3. The van der Waals surface area contributed by atoms with Gasteiger partial charge in [-0.1, -0.05) is 18.2 Å². The second-order valence-corrected chi connectivity index (χ2v) is 5.64. The third-order valence-electron chi connectivity index (χ3n) is 2.53. The molecule has 1 rings (SSSR count). The predicted molar refractivity (Wildman–Crippen MR) is 70.6 cm³/mol. The van der Waals surface area contributed by atoms with Gasteiger partial charge in [0, 0.05) is 11.6 Å². The van der Waals surface area contributed by atoms with Crippen molar-refractivity contribution in [3.05, 3.63) is 41.5 Å². The Labute approximate surface area is 113 Å². The van der Waals surface area contributed by atoms with Crippen LogP contribution in [0.4, 0.5) is 8.78 Å². The normalized spacial score (nSPS) is 13.2. The van der Waals surface area contributed by atoms with Crippen molar-refractivity contribution >= 4 is 25.8 Å². The maximum absolute atomic E-state index is 13.6. The maximum Gasteiger partial charge on any atom is 0.399 e. The summed E-state index contributed by atoms with van der Waals surface area (Å²) in [5.74, 6) is -0.644. The van der Waals surface area contributed by atoms with E-state index in [9.17, 15) is 18.1 Å². The van der Waals surface area contributed by atoms with Crippen LogP contribution in [0, 0.1) is 0 Å². The molecule has 1 amide bonds. The lowest BCUT2D eigenvalue weighted by Gasteiger charge is -2.18. The number of aliphatic imine (C=N–C) groups is 1. The molecule has 0 aliphatic rings. The molecule has 2 N–H and O–H groups in total. The topological polar surface area (TPSA) is 87.0 Å². The van der Waals surface area contributed by atoms with Crippen molar-refractivity contribution in [2.45, 2.75) is 12.6 Å². The van der Waals surface area contributed by atoms with Crippen LogP contribution in [0.25, 0.3) is 5.57 Å². The van der Waals surface area contributed by atoms with Gasteiger partial charge in [-0.05, 0) is 30.8 Å². The first-order valence-electron chi connectivity index (χ1n) is 5.33. The lowest BCUT2D eigenvalue weighted by Crippen LogP contribution is -2.13. The van der Waals surface area contributed by atoms with Crippen LogP contribution >= 0.6 is 7.60 Å². The van der Waals surface area contributed by atoms with Crippen LogP contribution < -0.4 is 0 Å². The summed E-state index contributed by atoms with van der Waals surface area (Å²) in [7, 11) is -5.62. The van der Waals surface area contributed by atoms with E-state index in [1.807, 2.05) is 0 Å². The van der Waals surface area contributed by atoms with E-state index >= 15 is 0 Å². The highest BCUT2D eigenvalue weighted by atomic mass is 31.2. The number of halogens is 2. The highest BCUT2D eigenvalue weighted by Gasteiger charge is 2.50. The van der Waals surface area contributed by atoms with E-state index in [4.69, 9.17) is 9.79 Å². The van der Waals surface area contributed by atoms with Crippen molar-refractivity contribution in [3.63, 3.8) is 0 Å². The minimum atomic E-state index is -5.62. The molecular formula is C12H12F2NO4P. The van der Waals surface area contributed by atoms with Gasteiger partial charge in [0.2, 0.25) is 0 Å². The van der Waals surface area contributed by atoms with E-state index in [1.54, 1.807) is 0 Å². The van der Waals surface area contributed by atoms with Gasteiger partial charge in [0.05, 0.1) is 0 Å². The molecule has 0 atom stereocenters. The molecule has 0 unspecified atom stereocenters. The average Bonchev–Trinajstić information content (AvgIpc) is 2.37. The van der Waals surface area contributed by atoms with E-state index in [0.717, 1.165) is 18.2 Å². The summed E-state index contributed by atoms with van der Waals surface area (Å²) >= 11 is 0. The average molecular weight is 303 g/mol. The molecule has 0 aliphatic heterocycles. The Morgan fingerprint density at radius 3 is 2.55 bits per heavy atom. The van der Waals surface area contributed by atoms with Gasteiger partial charge in [0.15, 0.2) is 0 Å². The Morgan fingerprint density at radius 1 is 1.45 bits per heavy atom. The van der Waals surface area contributed by atoms with Gasteiger partial charge in [-0.2, -0.15) is 8.78 Å². The quantitative estimate of drug-likeness (QED) is 0.508. The second kappa shape index (κ2) is 5.75. The number of nitrogens with zero attached hydrogens (tertiary/aromatic N) is 1. The lowest BCUT2D eigenvalue weighted by atomic mass is 10.0. The van der Waals surface area contributed by atoms with Gasteiger partial charge >= 0.3 is 13.3 Å². The molecule has 0 aromatic heterocycles.